The van der Waals surface area contributed by atoms with Gasteiger partial charge in [-0.15, -0.1) is 0 Å². The van der Waals surface area contributed by atoms with Crippen molar-refractivity contribution in [1.82, 2.24) is 9.78 Å². The van der Waals surface area contributed by atoms with E-state index in [4.69, 9.17) is 4.74 Å². The number of hydrogen-bond donors (Lipinski definition) is 0. The van der Waals surface area contributed by atoms with Gasteiger partial charge in [0.05, 0.1) is 12.2 Å². The minimum atomic E-state index is 0.225. The zero-order chi connectivity index (χ0) is 13.8. The molecule has 0 atom stereocenters. The Labute approximate surface area is 113 Å². The molecule has 0 amide bonds. The maximum Gasteiger partial charge on any atom is 0.153 e. The number of benzene rings is 1. The van der Waals surface area contributed by atoms with Gasteiger partial charge in [-0.05, 0) is 32.9 Å². The summed E-state index contributed by atoms with van der Waals surface area (Å²) in [4.78, 5) is 11.2. The summed E-state index contributed by atoms with van der Waals surface area (Å²) in [6, 6.07) is 7.87. The molecule has 1 aromatic heterocycles. The molecule has 1 heterocycles. The van der Waals surface area contributed by atoms with E-state index in [9.17, 15) is 4.79 Å². The highest BCUT2D eigenvalue weighted by atomic mass is 16.5. The molecule has 0 spiro atoms. The standard InChI is InChI=1S/C15H18N2O2/c1-4-19-14-7-5-6-12(8-14)15-13(10-18)9-17(16-15)11(2)3/h5-11H,4H2,1-3H3. The van der Waals surface area contributed by atoms with E-state index in [1.165, 1.54) is 0 Å². The third kappa shape index (κ3) is 2.84. The molecule has 0 radical (unpaired) electrons. The molecule has 0 saturated carbocycles. The van der Waals surface area contributed by atoms with Crippen LogP contribution < -0.4 is 4.74 Å². The van der Waals surface area contributed by atoms with Crippen LogP contribution in [0.15, 0.2) is 30.5 Å². The Morgan fingerprint density at radius 3 is 2.84 bits per heavy atom. The number of aldehydes is 1. The molecule has 0 N–H and O–H groups in total. The smallest absolute Gasteiger partial charge is 0.153 e. The molecule has 0 saturated heterocycles. The van der Waals surface area contributed by atoms with Crippen LogP contribution in [0.4, 0.5) is 0 Å². The van der Waals surface area contributed by atoms with E-state index in [0.717, 1.165) is 17.6 Å². The van der Waals surface area contributed by atoms with Gasteiger partial charge in [0, 0.05) is 17.8 Å². The molecule has 19 heavy (non-hydrogen) atoms. The van der Waals surface area contributed by atoms with E-state index in [1.54, 1.807) is 10.9 Å². The van der Waals surface area contributed by atoms with Crippen LogP contribution in [0.5, 0.6) is 5.75 Å². The molecule has 0 unspecified atom stereocenters. The molecule has 0 aliphatic heterocycles. The summed E-state index contributed by atoms with van der Waals surface area (Å²) in [5.41, 5.74) is 2.19. The first-order valence-electron chi connectivity index (χ1n) is 6.43. The lowest BCUT2D eigenvalue weighted by Gasteiger charge is -2.05. The molecular weight excluding hydrogens is 240 g/mol. The van der Waals surface area contributed by atoms with E-state index in [0.29, 0.717) is 17.9 Å². The monoisotopic (exact) mass is 258 g/mol. The highest BCUT2D eigenvalue weighted by Crippen LogP contribution is 2.25. The SMILES string of the molecule is CCOc1cccc(-c2nn(C(C)C)cc2C=O)c1. The second-order valence-corrected chi connectivity index (χ2v) is 4.59. The van der Waals surface area contributed by atoms with Crippen molar-refractivity contribution in [3.63, 3.8) is 0 Å². The van der Waals surface area contributed by atoms with Gasteiger partial charge in [-0.3, -0.25) is 9.48 Å². The second kappa shape index (κ2) is 5.69. The molecular formula is C15H18N2O2. The maximum absolute atomic E-state index is 11.2. The van der Waals surface area contributed by atoms with Crippen molar-refractivity contribution in [3.05, 3.63) is 36.0 Å². The van der Waals surface area contributed by atoms with Crippen molar-refractivity contribution in [1.29, 1.82) is 0 Å². The van der Waals surface area contributed by atoms with Crippen molar-refractivity contribution in [2.75, 3.05) is 6.61 Å². The Kier molecular flexibility index (Phi) is 4.00. The van der Waals surface area contributed by atoms with Gasteiger partial charge >= 0.3 is 0 Å². The van der Waals surface area contributed by atoms with Gasteiger partial charge in [-0.2, -0.15) is 5.10 Å². The van der Waals surface area contributed by atoms with Crippen molar-refractivity contribution >= 4 is 6.29 Å². The maximum atomic E-state index is 11.2. The molecule has 0 bridgehead atoms. The molecule has 2 rings (SSSR count). The predicted octanol–water partition coefficient (Wildman–Crippen LogP) is 3.34. The fourth-order valence-electron chi connectivity index (χ4n) is 1.88. The van der Waals surface area contributed by atoms with Gasteiger partial charge in [0.25, 0.3) is 0 Å². The Balaban J connectivity index is 2.45. The van der Waals surface area contributed by atoms with Crippen LogP contribution in [0.2, 0.25) is 0 Å². The second-order valence-electron chi connectivity index (χ2n) is 4.59. The number of carbonyl (C=O) groups excluding carboxylic acids is 1. The lowest BCUT2D eigenvalue weighted by Crippen LogP contribution is -2.00. The van der Waals surface area contributed by atoms with E-state index < -0.39 is 0 Å². The largest absolute Gasteiger partial charge is 0.494 e. The Bertz CT molecular complexity index is 573. The first kappa shape index (κ1) is 13.3. The van der Waals surface area contributed by atoms with Gasteiger partial charge < -0.3 is 4.74 Å². The normalized spacial score (nSPS) is 10.7. The van der Waals surface area contributed by atoms with Crippen molar-refractivity contribution < 1.29 is 9.53 Å². The zero-order valence-electron chi connectivity index (χ0n) is 11.5. The third-order valence-electron chi connectivity index (χ3n) is 2.83. The summed E-state index contributed by atoms with van der Waals surface area (Å²) in [6.07, 6.45) is 2.62. The number of ether oxygens (including phenoxy) is 1. The molecule has 4 heteroatoms. The summed E-state index contributed by atoms with van der Waals surface area (Å²) in [7, 11) is 0. The highest BCUT2D eigenvalue weighted by molar-refractivity contribution is 5.85. The molecule has 0 fully saturated rings. The fourth-order valence-corrected chi connectivity index (χ4v) is 1.88. The van der Waals surface area contributed by atoms with E-state index in [1.807, 2.05) is 45.0 Å². The van der Waals surface area contributed by atoms with Crippen LogP contribution in [-0.2, 0) is 0 Å². The topological polar surface area (TPSA) is 44.1 Å². The van der Waals surface area contributed by atoms with E-state index in [2.05, 4.69) is 5.10 Å². The van der Waals surface area contributed by atoms with Gasteiger partial charge in [-0.1, -0.05) is 12.1 Å². The molecule has 100 valence electrons. The third-order valence-corrected chi connectivity index (χ3v) is 2.83. The van der Waals surface area contributed by atoms with Crippen LogP contribution in [-0.4, -0.2) is 22.7 Å². The van der Waals surface area contributed by atoms with Gasteiger partial charge in [0.2, 0.25) is 0 Å². The van der Waals surface area contributed by atoms with Crippen molar-refractivity contribution in [2.45, 2.75) is 26.8 Å². The van der Waals surface area contributed by atoms with E-state index in [-0.39, 0.29) is 6.04 Å². The van der Waals surface area contributed by atoms with Crippen LogP contribution in [0.3, 0.4) is 0 Å². The first-order valence-corrected chi connectivity index (χ1v) is 6.43. The Morgan fingerprint density at radius 1 is 1.42 bits per heavy atom. The molecule has 4 nitrogen and oxygen atoms in total. The van der Waals surface area contributed by atoms with Crippen LogP contribution in [0.25, 0.3) is 11.3 Å². The quantitative estimate of drug-likeness (QED) is 0.772. The van der Waals surface area contributed by atoms with Crippen molar-refractivity contribution in [3.8, 4) is 17.0 Å². The van der Waals surface area contributed by atoms with Crippen LogP contribution in [0, 0.1) is 0 Å². The lowest BCUT2D eigenvalue weighted by atomic mass is 10.1. The molecule has 2 aromatic rings. The number of aromatic nitrogens is 2. The molecule has 0 aliphatic rings. The van der Waals surface area contributed by atoms with Gasteiger partial charge in [0.15, 0.2) is 6.29 Å². The van der Waals surface area contributed by atoms with E-state index >= 15 is 0 Å². The fraction of sp³-hybridized carbons (Fsp3) is 0.333. The Morgan fingerprint density at radius 2 is 2.21 bits per heavy atom. The van der Waals surface area contributed by atoms with Crippen LogP contribution in [0.1, 0.15) is 37.2 Å². The highest BCUT2D eigenvalue weighted by Gasteiger charge is 2.12. The summed E-state index contributed by atoms with van der Waals surface area (Å²) in [6.45, 7) is 6.62. The number of nitrogens with zero attached hydrogens (tertiary/aromatic N) is 2. The Hall–Kier alpha value is -2.10. The first-order chi connectivity index (χ1) is 9.15. The average Bonchev–Trinajstić information content (AvgIpc) is 2.84. The summed E-state index contributed by atoms with van der Waals surface area (Å²) >= 11 is 0. The van der Waals surface area contributed by atoms with Gasteiger partial charge in [-0.25, -0.2) is 0 Å². The van der Waals surface area contributed by atoms with Crippen molar-refractivity contribution in [2.24, 2.45) is 0 Å². The summed E-state index contributed by atoms with van der Waals surface area (Å²) in [5, 5.41) is 4.48. The number of hydrogen-bond acceptors (Lipinski definition) is 3. The number of carbonyl (C=O) groups is 1. The lowest BCUT2D eigenvalue weighted by molar-refractivity contribution is 0.112. The summed E-state index contributed by atoms with van der Waals surface area (Å²) in [5.74, 6) is 0.788. The minimum absolute atomic E-state index is 0.225. The van der Waals surface area contributed by atoms with Gasteiger partial charge in [0.1, 0.15) is 11.4 Å². The predicted molar refractivity (Wildman–Crippen MR) is 74.6 cm³/mol. The van der Waals surface area contributed by atoms with Crippen LogP contribution >= 0.6 is 0 Å². The summed E-state index contributed by atoms with van der Waals surface area (Å²) < 4.78 is 7.27. The molecule has 1 aromatic carbocycles. The number of rotatable bonds is 5. The minimum Gasteiger partial charge on any atom is -0.494 e. The zero-order valence-corrected chi connectivity index (χ0v) is 11.5. The average molecular weight is 258 g/mol. The molecule has 0 aliphatic carbocycles.